The molecule has 0 unspecified atom stereocenters. The Balaban J connectivity index is 0.00000176. The van der Waals surface area contributed by atoms with Crippen LogP contribution in [0.2, 0.25) is 0 Å². The number of nitrogens with one attached hydrogen (secondary N) is 1. The van der Waals surface area contributed by atoms with Crippen LogP contribution in [-0.2, 0) is 19.5 Å². The molecule has 0 saturated heterocycles. The predicted molar refractivity (Wildman–Crippen MR) is 89.3 cm³/mol. The zero-order valence-corrected chi connectivity index (χ0v) is 14.0. The number of hydrogen-bond acceptors (Lipinski definition) is 3. The number of aromatic nitrogens is 2. The fourth-order valence-corrected chi connectivity index (χ4v) is 2.97. The van der Waals surface area contributed by atoms with Crippen LogP contribution in [0.5, 0.6) is 0 Å². The van der Waals surface area contributed by atoms with Crippen LogP contribution in [0.15, 0.2) is 18.3 Å². The minimum atomic E-state index is 0. The molecule has 22 heavy (non-hydrogen) atoms. The van der Waals surface area contributed by atoms with Gasteiger partial charge in [0.2, 0.25) is 0 Å². The summed E-state index contributed by atoms with van der Waals surface area (Å²) in [5.74, 6) is 0.570. The average molecular weight is 317 g/mol. The second-order valence-electron chi connectivity index (χ2n) is 6.10. The van der Waals surface area contributed by atoms with E-state index in [-0.39, 0.29) is 12.4 Å². The second kappa shape index (κ2) is 6.51. The highest BCUT2D eigenvalue weighted by Crippen LogP contribution is 2.26. The first-order valence-corrected chi connectivity index (χ1v) is 7.41. The maximum Gasteiger partial charge on any atom is 0.0995 e. The lowest BCUT2D eigenvalue weighted by atomic mass is 9.96. The summed E-state index contributed by atoms with van der Waals surface area (Å²) in [6.07, 6.45) is 3.09. The molecule has 2 aromatic rings. The van der Waals surface area contributed by atoms with Gasteiger partial charge in [-0.3, -0.25) is 0 Å². The lowest BCUT2D eigenvalue weighted by Crippen LogP contribution is -2.09. The molecule has 0 aliphatic carbocycles. The van der Waals surface area contributed by atoms with Crippen molar-refractivity contribution in [2.75, 3.05) is 0 Å². The van der Waals surface area contributed by atoms with Crippen LogP contribution in [0.25, 0.3) is 5.69 Å². The van der Waals surface area contributed by atoms with Crippen molar-refractivity contribution >= 4 is 12.4 Å². The first-order chi connectivity index (χ1) is 10.1. The molecule has 0 radical (unpaired) electrons. The summed E-state index contributed by atoms with van der Waals surface area (Å²) in [7, 11) is 0. The minimum Gasteiger partial charge on any atom is -0.307 e. The fraction of sp³-hybridized carbons (Fsp3) is 0.412. The Kier molecular flexibility index (Phi) is 4.90. The van der Waals surface area contributed by atoms with Gasteiger partial charge < -0.3 is 5.32 Å². The summed E-state index contributed by atoms with van der Waals surface area (Å²) in [6, 6.07) is 6.28. The van der Waals surface area contributed by atoms with Gasteiger partial charge in [-0.1, -0.05) is 19.9 Å². The highest BCUT2D eigenvalue weighted by Gasteiger charge is 2.19. The molecule has 0 spiro atoms. The van der Waals surface area contributed by atoms with Crippen molar-refractivity contribution in [2.45, 2.75) is 40.3 Å². The van der Waals surface area contributed by atoms with Gasteiger partial charge in [0, 0.05) is 24.8 Å². The number of hydrogen-bond donors (Lipinski definition) is 1. The van der Waals surface area contributed by atoms with Crippen LogP contribution in [-0.4, -0.2) is 9.78 Å². The summed E-state index contributed by atoms with van der Waals surface area (Å²) >= 11 is 0. The molecule has 0 fully saturated rings. The van der Waals surface area contributed by atoms with Crippen LogP contribution in [0.4, 0.5) is 0 Å². The summed E-state index contributed by atoms with van der Waals surface area (Å²) in [5.41, 5.74) is 6.46. The lowest BCUT2D eigenvalue weighted by Gasteiger charge is -2.15. The van der Waals surface area contributed by atoms with Crippen LogP contribution >= 0.6 is 12.4 Å². The molecular weight excluding hydrogens is 296 g/mol. The van der Waals surface area contributed by atoms with Crippen LogP contribution < -0.4 is 5.32 Å². The minimum absolute atomic E-state index is 0. The maximum absolute atomic E-state index is 9.29. The number of nitriles is 1. The van der Waals surface area contributed by atoms with Crippen LogP contribution in [0.1, 0.15) is 41.8 Å². The molecular formula is C17H21ClN4. The molecule has 3 rings (SSSR count). The predicted octanol–water partition coefficient (Wildman–Crippen LogP) is 3.28. The largest absolute Gasteiger partial charge is 0.307 e. The quantitative estimate of drug-likeness (QED) is 0.945. The number of nitrogens with zero attached hydrogens (tertiary/aromatic N) is 3. The Bertz CT molecular complexity index is 703. The Labute approximate surface area is 137 Å². The van der Waals surface area contributed by atoms with E-state index in [2.05, 4.69) is 37.5 Å². The van der Waals surface area contributed by atoms with E-state index in [1.165, 1.54) is 11.1 Å². The Morgan fingerprint density at radius 2 is 2.14 bits per heavy atom. The van der Waals surface area contributed by atoms with Gasteiger partial charge in [0.1, 0.15) is 0 Å². The highest BCUT2D eigenvalue weighted by molar-refractivity contribution is 5.85. The van der Waals surface area contributed by atoms with E-state index in [0.29, 0.717) is 5.92 Å². The second-order valence-corrected chi connectivity index (χ2v) is 6.10. The molecule has 1 aromatic heterocycles. The van der Waals surface area contributed by atoms with Crippen molar-refractivity contribution in [3.8, 4) is 11.8 Å². The van der Waals surface area contributed by atoms with Gasteiger partial charge in [-0.05, 0) is 36.5 Å². The third kappa shape index (κ3) is 2.87. The Morgan fingerprint density at radius 1 is 1.36 bits per heavy atom. The van der Waals surface area contributed by atoms with Crippen molar-refractivity contribution in [2.24, 2.45) is 5.92 Å². The molecule has 4 nitrogen and oxygen atoms in total. The van der Waals surface area contributed by atoms with Gasteiger partial charge in [-0.15, -0.1) is 12.4 Å². The van der Waals surface area contributed by atoms with E-state index in [9.17, 15) is 5.26 Å². The van der Waals surface area contributed by atoms with Crippen LogP contribution in [0.3, 0.4) is 0 Å². The van der Waals surface area contributed by atoms with Crippen LogP contribution in [0, 0.1) is 24.2 Å². The molecule has 0 bridgehead atoms. The highest BCUT2D eigenvalue weighted by atomic mass is 35.5. The molecule has 2 heterocycles. The third-order valence-corrected chi connectivity index (χ3v) is 3.98. The van der Waals surface area contributed by atoms with Crippen molar-refractivity contribution in [1.82, 2.24) is 15.1 Å². The van der Waals surface area contributed by atoms with Gasteiger partial charge in [0.25, 0.3) is 0 Å². The average Bonchev–Trinajstić information content (AvgIpc) is 2.99. The summed E-state index contributed by atoms with van der Waals surface area (Å²) in [4.78, 5) is 0. The van der Waals surface area contributed by atoms with Crippen molar-refractivity contribution < 1.29 is 0 Å². The number of benzene rings is 1. The molecule has 1 aliphatic heterocycles. The Hall–Kier alpha value is -1.83. The van der Waals surface area contributed by atoms with Crippen molar-refractivity contribution in [1.29, 1.82) is 5.26 Å². The number of fused-ring (bicyclic) bond motifs is 1. The summed E-state index contributed by atoms with van der Waals surface area (Å²) < 4.78 is 1.97. The van der Waals surface area contributed by atoms with Gasteiger partial charge in [-0.25, -0.2) is 4.68 Å². The summed E-state index contributed by atoms with van der Waals surface area (Å²) in [5, 5.41) is 17.3. The lowest BCUT2D eigenvalue weighted by molar-refractivity contribution is 0.640. The first-order valence-electron chi connectivity index (χ1n) is 7.41. The zero-order valence-electron chi connectivity index (χ0n) is 13.2. The molecule has 1 N–H and O–H groups in total. The van der Waals surface area contributed by atoms with E-state index in [0.717, 1.165) is 42.0 Å². The first kappa shape index (κ1) is 16.5. The molecule has 0 amide bonds. The maximum atomic E-state index is 9.29. The Morgan fingerprint density at radius 3 is 2.77 bits per heavy atom. The molecule has 116 valence electrons. The van der Waals surface area contributed by atoms with Gasteiger partial charge in [0.15, 0.2) is 0 Å². The number of rotatable bonds is 3. The van der Waals surface area contributed by atoms with Crippen molar-refractivity contribution in [3.05, 3.63) is 46.3 Å². The monoisotopic (exact) mass is 316 g/mol. The molecule has 1 aromatic carbocycles. The van der Waals surface area contributed by atoms with Gasteiger partial charge in [0.05, 0.1) is 23.0 Å². The standard InChI is InChI=1S/C17H20N4.ClH/c1-11(2)6-13-4-5-14(7-18)12(3)17(13)21-10-15-8-19-9-16(15)20-21;/h4-5,10-11,19H,6,8-9H2,1-3H3;1H. The van der Waals surface area contributed by atoms with E-state index >= 15 is 0 Å². The third-order valence-electron chi connectivity index (χ3n) is 3.98. The molecule has 0 atom stereocenters. The number of halogens is 1. The van der Waals surface area contributed by atoms with E-state index in [1.807, 2.05) is 17.7 Å². The normalized spacial score (nSPS) is 12.9. The van der Waals surface area contributed by atoms with Gasteiger partial charge in [-0.2, -0.15) is 10.4 Å². The van der Waals surface area contributed by atoms with Crippen molar-refractivity contribution in [3.63, 3.8) is 0 Å². The molecule has 0 saturated carbocycles. The molecule has 1 aliphatic rings. The van der Waals surface area contributed by atoms with E-state index in [1.54, 1.807) is 0 Å². The smallest absolute Gasteiger partial charge is 0.0995 e. The van der Waals surface area contributed by atoms with Gasteiger partial charge >= 0.3 is 0 Å². The van der Waals surface area contributed by atoms with E-state index < -0.39 is 0 Å². The fourth-order valence-electron chi connectivity index (χ4n) is 2.97. The zero-order chi connectivity index (χ0) is 15.0. The topological polar surface area (TPSA) is 53.6 Å². The molecule has 5 heteroatoms. The van der Waals surface area contributed by atoms with E-state index in [4.69, 9.17) is 5.10 Å². The SMILES string of the molecule is Cc1c(C#N)ccc(CC(C)C)c1-n1cc2c(n1)CNC2.Cl. The summed E-state index contributed by atoms with van der Waals surface area (Å²) in [6.45, 7) is 8.15.